The molecule has 3 heterocycles. The maximum absolute atomic E-state index is 13.0. The molecule has 0 radical (unpaired) electrons. The largest absolute Gasteiger partial charge is 0.380 e. The number of likely N-dealkylation sites (tertiary alicyclic amines) is 1. The van der Waals surface area contributed by atoms with Crippen LogP contribution >= 0.6 is 11.3 Å². The third kappa shape index (κ3) is 2.59. The zero-order valence-electron chi connectivity index (χ0n) is 13.4. The fraction of sp³-hybridized carbons (Fsp3) is 0.353. The summed E-state index contributed by atoms with van der Waals surface area (Å²) in [4.78, 5) is 19.1. The van der Waals surface area contributed by atoms with Gasteiger partial charge in [0.25, 0.3) is 5.91 Å². The Morgan fingerprint density at radius 3 is 3.04 bits per heavy atom. The van der Waals surface area contributed by atoms with Crippen LogP contribution in [0.5, 0.6) is 0 Å². The van der Waals surface area contributed by atoms with Crippen molar-refractivity contribution in [2.45, 2.75) is 25.5 Å². The number of benzene rings is 1. The quantitative estimate of drug-likeness (QED) is 0.730. The molecule has 6 nitrogen and oxygen atoms in total. The Hall–Kier alpha value is -2.25. The Kier molecular flexibility index (Phi) is 3.82. The van der Waals surface area contributed by atoms with E-state index in [1.807, 2.05) is 29.6 Å². The molecule has 0 saturated carbocycles. The van der Waals surface area contributed by atoms with Crippen molar-refractivity contribution in [1.29, 1.82) is 0 Å². The molecular weight excluding hydrogens is 326 g/mol. The smallest absolute Gasteiger partial charge is 0.254 e. The lowest BCUT2D eigenvalue weighted by molar-refractivity contribution is 0.0671. The Labute approximate surface area is 143 Å². The number of fused-ring (bicyclic) bond motifs is 1. The summed E-state index contributed by atoms with van der Waals surface area (Å²) in [5.74, 6) is 0.999. The average molecular weight is 343 g/mol. The molecule has 0 aliphatic carbocycles. The number of carbonyl (C=O) groups excluding carboxylic acids is 1. The minimum Gasteiger partial charge on any atom is -0.380 e. The maximum atomic E-state index is 13.0. The van der Waals surface area contributed by atoms with E-state index in [1.165, 1.54) is 4.70 Å². The van der Waals surface area contributed by atoms with Gasteiger partial charge in [0.1, 0.15) is 6.04 Å². The van der Waals surface area contributed by atoms with E-state index < -0.39 is 0 Å². The van der Waals surface area contributed by atoms with E-state index >= 15 is 0 Å². The van der Waals surface area contributed by atoms with Crippen molar-refractivity contribution < 1.29 is 14.1 Å². The third-order valence-electron chi connectivity index (χ3n) is 4.38. The van der Waals surface area contributed by atoms with Crippen molar-refractivity contribution >= 4 is 27.3 Å². The number of methoxy groups -OCH3 is 1. The summed E-state index contributed by atoms with van der Waals surface area (Å²) in [5, 5.41) is 6.96. The van der Waals surface area contributed by atoms with Crippen molar-refractivity contribution in [2.75, 3.05) is 13.7 Å². The lowest BCUT2D eigenvalue weighted by Crippen LogP contribution is -2.32. The molecule has 0 spiro atoms. The van der Waals surface area contributed by atoms with Gasteiger partial charge in [0, 0.05) is 30.3 Å². The number of ether oxygens (including phenoxy) is 1. The number of hydrogen-bond donors (Lipinski definition) is 0. The molecule has 1 fully saturated rings. The molecule has 1 aliphatic heterocycles. The first-order valence-corrected chi connectivity index (χ1v) is 8.65. The molecule has 0 unspecified atom stereocenters. The zero-order valence-corrected chi connectivity index (χ0v) is 14.2. The van der Waals surface area contributed by atoms with Crippen molar-refractivity contribution in [1.82, 2.24) is 15.0 Å². The molecule has 3 aromatic rings. The van der Waals surface area contributed by atoms with Gasteiger partial charge in [-0.25, -0.2) is 0 Å². The van der Waals surface area contributed by atoms with Gasteiger partial charge in [0.15, 0.2) is 5.82 Å². The fourth-order valence-electron chi connectivity index (χ4n) is 3.14. The standard InChI is InChI=1S/C17H17N3O3S/c1-10-18-16(23-19-10)14-8-13(22-2)9-20(14)17(21)12-3-4-15-11(7-12)5-6-24-15/h3-7,13-14H,8-9H2,1-2H3/t13-,14+/m0/s1. The van der Waals surface area contributed by atoms with Crippen LogP contribution in [-0.4, -0.2) is 40.7 Å². The van der Waals surface area contributed by atoms with Crippen LogP contribution in [-0.2, 0) is 4.74 Å². The lowest BCUT2D eigenvalue weighted by atomic mass is 10.1. The number of thiophene rings is 1. The third-order valence-corrected chi connectivity index (χ3v) is 5.28. The Balaban J connectivity index is 1.67. The molecule has 7 heteroatoms. The number of rotatable bonds is 3. The highest BCUT2D eigenvalue weighted by atomic mass is 32.1. The summed E-state index contributed by atoms with van der Waals surface area (Å²) < 4.78 is 11.9. The average Bonchev–Trinajstić information content (AvgIpc) is 3.31. The van der Waals surface area contributed by atoms with Crippen LogP contribution in [0.15, 0.2) is 34.2 Å². The summed E-state index contributed by atoms with van der Waals surface area (Å²) in [5.41, 5.74) is 0.666. The van der Waals surface area contributed by atoms with Crippen LogP contribution in [0, 0.1) is 6.92 Å². The summed E-state index contributed by atoms with van der Waals surface area (Å²) >= 11 is 1.67. The van der Waals surface area contributed by atoms with Crippen LogP contribution in [0.4, 0.5) is 0 Å². The maximum Gasteiger partial charge on any atom is 0.254 e. The van der Waals surface area contributed by atoms with Crippen LogP contribution in [0.1, 0.15) is 34.5 Å². The van der Waals surface area contributed by atoms with Gasteiger partial charge in [-0.2, -0.15) is 4.98 Å². The van der Waals surface area contributed by atoms with Gasteiger partial charge in [0.05, 0.1) is 6.10 Å². The predicted molar refractivity (Wildman–Crippen MR) is 90.1 cm³/mol. The summed E-state index contributed by atoms with van der Waals surface area (Å²) in [7, 11) is 1.66. The van der Waals surface area contributed by atoms with Crippen LogP contribution in [0.3, 0.4) is 0 Å². The first kappa shape index (κ1) is 15.3. The Bertz CT molecular complexity index is 888. The highest BCUT2D eigenvalue weighted by molar-refractivity contribution is 7.17. The molecule has 2 atom stereocenters. The lowest BCUT2D eigenvalue weighted by Gasteiger charge is -2.21. The first-order chi connectivity index (χ1) is 11.7. The SMILES string of the molecule is CO[C@H]1C[C@H](c2nc(C)no2)N(C(=O)c2ccc3sccc3c2)C1. The van der Waals surface area contributed by atoms with E-state index in [1.54, 1.807) is 30.3 Å². The Morgan fingerprint density at radius 2 is 2.29 bits per heavy atom. The first-order valence-electron chi connectivity index (χ1n) is 7.77. The van der Waals surface area contributed by atoms with Gasteiger partial charge < -0.3 is 14.2 Å². The fourth-order valence-corrected chi connectivity index (χ4v) is 3.91. The summed E-state index contributed by atoms with van der Waals surface area (Å²) in [6.45, 7) is 2.29. The molecule has 1 saturated heterocycles. The van der Waals surface area contributed by atoms with Gasteiger partial charge in [-0.3, -0.25) is 4.79 Å². The Morgan fingerprint density at radius 1 is 1.42 bits per heavy atom. The molecule has 0 N–H and O–H groups in total. The van der Waals surface area contributed by atoms with Gasteiger partial charge >= 0.3 is 0 Å². The zero-order chi connectivity index (χ0) is 16.7. The van der Waals surface area contributed by atoms with Gasteiger partial charge in [0.2, 0.25) is 5.89 Å². The molecule has 0 bridgehead atoms. The van der Waals surface area contributed by atoms with E-state index in [0.717, 1.165) is 5.39 Å². The second kappa shape index (κ2) is 5.99. The van der Waals surface area contributed by atoms with Crippen molar-refractivity contribution in [2.24, 2.45) is 0 Å². The predicted octanol–water partition coefficient (Wildman–Crippen LogP) is 3.19. The number of amides is 1. The summed E-state index contributed by atoms with van der Waals surface area (Å²) in [6.07, 6.45) is 0.626. The van der Waals surface area contributed by atoms with Crippen molar-refractivity contribution in [3.8, 4) is 0 Å². The highest BCUT2D eigenvalue weighted by Crippen LogP contribution is 2.34. The second-order valence-corrected chi connectivity index (χ2v) is 6.87. The van der Waals surface area contributed by atoms with E-state index in [0.29, 0.717) is 30.2 Å². The van der Waals surface area contributed by atoms with E-state index in [-0.39, 0.29) is 18.1 Å². The highest BCUT2D eigenvalue weighted by Gasteiger charge is 2.39. The van der Waals surface area contributed by atoms with E-state index in [9.17, 15) is 4.79 Å². The van der Waals surface area contributed by atoms with Crippen molar-refractivity contribution in [3.05, 3.63) is 46.9 Å². The topological polar surface area (TPSA) is 68.5 Å². The monoisotopic (exact) mass is 343 g/mol. The number of carbonyl (C=O) groups is 1. The number of hydrogen-bond acceptors (Lipinski definition) is 6. The molecule has 1 aromatic carbocycles. The van der Waals surface area contributed by atoms with E-state index in [4.69, 9.17) is 9.26 Å². The molecule has 2 aromatic heterocycles. The molecule has 4 rings (SSSR count). The van der Waals surface area contributed by atoms with Gasteiger partial charge in [-0.1, -0.05) is 5.16 Å². The van der Waals surface area contributed by atoms with Crippen LogP contribution < -0.4 is 0 Å². The summed E-state index contributed by atoms with van der Waals surface area (Å²) in [6, 6.07) is 7.57. The van der Waals surface area contributed by atoms with Crippen LogP contribution in [0.2, 0.25) is 0 Å². The second-order valence-electron chi connectivity index (χ2n) is 5.92. The number of aromatic nitrogens is 2. The normalized spacial score (nSPS) is 20.8. The molecular formula is C17H17N3O3S. The minimum atomic E-state index is -0.248. The van der Waals surface area contributed by atoms with E-state index in [2.05, 4.69) is 10.1 Å². The van der Waals surface area contributed by atoms with Crippen LogP contribution in [0.25, 0.3) is 10.1 Å². The molecule has 1 amide bonds. The minimum absolute atomic E-state index is 0.0314. The number of aryl methyl sites for hydroxylation is 1. The van der Waals surface area contributed by atoms with Gasteiger partial charge in [-0.15, -0.1) is 11.3 Å². The van der Waals surface area contributed by atoms with Crippen molar-refractivity contribution in [3.63, 3.8) is 0 Å². The molecule has 24 heavy (non-hydrogen) atoms. The number of nitrogens with zero attached hydrogens (tertiary/aromatic N) is 3. The van der Waals surface area contributed by atoms with Gasteiger partial charge in [-0.05, 0) is 42.0 Å². The molecule has 1 aliphatic rings. The molecule has 124 valence electrons.